The highest BCUT2D eigenvalue weighted by Crippen LogP contribution is 2.34. The molecule has 3 heterocycles. The minimum Gasteiger partial charge on any atom is -0.496 e. The van der Waals surface area contributed by atoms with E-state index in [0.29, 0.717) is 24.4 Å². The summed E-state index contributed by atoms with van der Waals surface area (Å²) in [5.41, 5.74) is 0.927. The van der Waals surface area contributed by atoms with E-state index in [2.05, 4.69) is 4.98 Å². The standard InChI is InChI=1S/C22H22N4O5/c1-14-13-24(21(28)15-6-4-3-5-7-15)10-11-25(14)22(29)19(27)16-12-23-20-18(16)17(31-2)8-9-26(20)30/h3-9,12,14,30H,10-11,13H2,1-2H3/t14-/m1/s1. The van der Waals surface area contributed by atoms with Gasteiger partial charge in [0, 0.05) is 49.7 Å². The first-order valence-electron chi connectivity index (χ1n) is 9.85. The molecule has 1 N–H and O–H groups in total. The number of carbonyl (C=O) groups is 3. The topological polar surface area (TPSA) is 105 Å². The number of piperazine rings is 1. The van der Waals surface area contributed by atoms with Gasteiger partial charge in [0.25, 0.3) is 17.6 Å². The Morgan fingerprint density at radius 1 is 1.13 bits per heavy atom. The van der Waals surface area contributed by atoms with Crippen LogP contribution in [-0.2, 0) is 4.79 Å². The molecule has 4 rings (SSSR count). The molecule has 2 amide bonds. The lowest BCUT2D eigenvalue weighted by atomic mass is 10.0. The third kappa shape index (κ3) is 3.58. The molecule has 31 heavy (non-hydrogen) atoms. The van der Waals surface area contributed by atoms with E-state index in [0.717, 1.165) is 4.73 Å². The number of rotatable bonds is 4. The quantitative estimate of drug-likeness (QED) is 0.390. The van der Waals surface area contributed by atoms with Crippen LogP contribution >= 0.6 is 0 Å². The third-order valence-electron chi connectivity index (χ3n) is 5.49. The molecule has 0 spiro atoms. The van der Waals surface area contributed by atoms with Crippen molar-refractivity contribution in [3.05, 3.63) is 59.9 Å². The molecule has 160 valence electrons. The Bertz CT molecular complexity index is 1110. The first-order chi connectivity index (χ1) is 14.9. The summed E-state index contributed by atoms with van der Waals surface area (Å²) in [6, 6.07) is 10.1. The van der Waals surface area contributed by atoms with Crippen LogP contribution in [0, 0.1) is 0 Å². The summed E-state index contributed by atoms with van der Waals surface area (Å²) < 4.78 is 6.05. The van der Waals surface area contributed by atoms with E-state index in [1.165, 1.54) is 30.5 Å². The first kappa shape index (κ1) is 20.4. The van der Waals surface area contributed by atoms with E-state index < -0.39 is 11.7 Å². The molecule has 1 atom stereocenters. The molecule has 9 nitrogen and oxygen atoms in total. The van der Waals surface area contributed by atoms with Gasteiger partial charge in [-0.2, -0.15) is 4.73 Å². The zero-order chi connectivity index (χ0) is 22.1. The minimum atomic E-state index is -0.735. The molecule has 1 saturated heterocycles. The van der Waals surface area contributed by atoms with E-state index in [-0.39, 0.29) is 35.4 Å². The van der Waals surface area contributed by atoms with Crippen LogP contribution < -0.4 is 4.74 Å². The normalized spacial score (nSPS) is 16.4. The summed E-state index contributed by atoms with van der Waals surface area (Å²) in [6.07, 6.45) is 2.61. The lowest BCUT2D eigenvalue weighted by Crippen LogP contribution is -2.56. The maximum atomic E-state index is 13.0. The van der Waals surface area contributed by atoms with Crippen molar-refractivity contribution < 1.29 is 24.3 Å². The van der Waals surface area contributed by atoms with Crippen LogP contribution in [-0.4, -0.2) is 75.1 Å². The number of fused-ring (bicyclic) bond motifs is 1. The first-order valence-corrected chi connectivity index (χ1v) is 9.85. The van der Waals surface area contributed by atoms with Crippen molar-refractivity contribution in [1.82, 2.24) is 19.5 Å². The Hall–Kier alpha value is -3.88. The minimum absolute atomic E-state index is 0.0650. The number of benzene rings is 1. The zero-order valence-electron chi connectivity index (χ0n) is 17.2. The summed E-state index contributed by atoms with van der Waals surface area (Å²) >= 11 is 0. The Kier molecular flexibility index (Phi) is 5.33. The number of nitrogens with zero attached hydrogens (tertiary/aromatic N) is 4. The number of Topliss-reactive ketones (excluding diaryl/α,β-unsaturated/α-hetero) is 1. The largest absolute Gasteiger partial charge is 0.496 e. The summed E-state index contributed by atoms with van der Waals surface area (Å²) in [5, 5.41) is 9.95. The molecule has 1 aromatic rings. The highest BCUT2D eigenvalue weighted by Gasteiger charge is 2.36. The van der Waals surface area contributed by atoms with Crippen LogP contribution in [0.25, 0.3) is 11.4 Å². The predicted octanol–water partition coefficient (Wildman–Crippen LogP) is 1.79. The van der Waals surface area contributed by atoms with Gasteiger partial charge in [0.15, 0.2) is 5.82 Å². The van der Waals surface area contributed by atoms with Crippen LogP contribution in [0.3, 0.4) is 0 Å². The molecular weight excluding hydrogens is 400 g/mol. The van der Waals surface area contributed by atoms with E-state index in [9.17, 15) is 19.6 Å². The molecule has 0 aliphatic carbocycles. The van der Waals surface area contributed by atoms with Gasteiger partial charge in [-0.3, -0.25) is 14.4 Å². The second kappa shape index (κ2) is 8.10. The molecule has 1 aromatic carbocycles. The van der Waals surface area contributed by atoms with Gasteiger partial charge in [-0.15, -0.1) is 0 Å². The second-order valence-corrected chi connectivity index (χ2v) is 7.39. The Labute approximate surface area is 178 Å². The Morgan fingerprint density at radius 3 is 2.55 bits per heavy atom. The van der Waals surface area contributed by atoms with Crippen LogP contribution in [0.1, 0.15) is 27.6 Å². The molecule has 0 aromatic heterocycles. The molecule has 0 unspecified atom stereocenters. The van der Waals surface area contributed by atoms with Crippen molar-refractivity contribution in [3.63, 3.8) is 0 Å². The van der Waals surface area contributed by atoms with Crippen molar-refractivity contribution in [2.24, 2.45) is 0 Å². The number of pyridine rings is 1. The highest BCUT2D eigenvalue weighted by atomic mass is 16.5. The number of ether oxygens (including phenoxy) is 1. The van der Waals surface area contributed by atoms with Gasteiger partial charge in [0.2, 0.25) is 0 Å². The number of ketones is 1. The Morgan fingerprint density at radius 2 is 1.87 bits per heavy atom. The fraction of sp³-hybridized carbons (Fsp3) is 0.273. The van der Waals surface area contributed by atoms with Gasteiger partial charge in [0.1, 0.15) is 5.75 Å². The number of hydrogen-bond acceptors (Lipinski definition) is 6. The van der Waals surface area contributed by atoms with Crippen molar-refractivity contribution in [2.45, 2.75) is 13.0 Å². The van der Waals surface area contributed by atoms with Crippen LogP contribution in [0.4, 0.5) is 0 Å². The number of carbonyl (C=O) groups excluding carboxylic acids is 3. The van der Waals surface area contributed by atoms with Crippen molar-refractivity contribution in [3.8, 4) is 17.1 Å². The van der Waals surface area contributed by atoms with Crippen molar-refractivity contribution >= 4 is 17.6 Å². The molecule has 1 fully saturated rings. The lowest BCUT2D eigenvalue weighted by Gasteiger charge is -2.39. The summed E-state index contributed by atoms with van der Waals surface area (Å²) in [6.45, 7) is 2.70. The zero-order valence-corrected chi connectivity index (χ0v) is 17.2. The molecule has 9 heteroatoms. The molecule has 0 radical (unpaired) electrons. The van der Waals surface area contributed by atoms with Crippen LogP contribution in [0.5, 0.6) is 5.75 Å². The molecule has 0 saturated carbocycles. The maximum absolute atomic E-state index is 13.0. The Balaban J connectivity index is 1.52. The number of hydrogen-bond donors (Lipinski definition) is 1. The predicted molar refractivity (Wildman–Crippen MR) is 110 cm³/mol. The van der Waals surface area contributed by atoms with E-state index in [1.807, 2.05) is 6.07 Å². The van der Waals surface area contributed by atoms with E-state index >= 15 is 0 Å². The highest BCUT2D eigenvalue weighted by molar-refractivity contribution is 6.44. The van der Waals surface area contributed by atoms with Gasteiger partial charge in [-0.05, 0) is 19.1 Å². The second-order valence-electron chi connectivity index (χ2n) is 7.39. The van der Waals surface area contributed by atoms with Gasteiger partial charge in [-0.1, -0.05) is 18.2 Å². The van der Waals surface area contributed by atoms with Crippen LogP contribution in [0.15, 0.2) is 48.8 Å². The molecular formula is C22H22N4O5. The van der Waals surface area contributed by atoms with Gasteiger partial charge >= 0.3 is 0 Å². The summed E-state index contributed by atoms with van der Waals surface area (Å²) in [5.74, 6) is -1.05. The van der Waals surface area contributed by atoms with Crippen molar-refractivity contribution in [2.75, 3.05) is 26.7 Å². The number of amides is 2. The van der Waals surface area contributed by atoms with E-state index in [4.69, 9.17) is 4.74 Å². The molecule has 3 aliphatic heterocycles. The van der Waals surface area contributed by atoms with E-state index in [1.54, 1.807) is 36.1 Å². The maximum Gasteiger partial charge on any atom is 0.295 e. The third-order valence-corrected chi connectivity index (χ3v) is 5.49. The van der Waals surface area contributed by atoms with Gasteiger partial charge in [0.05, 0.1) is 18.2 Å². The monoisotopic (exact) mass is 422 g/mol. The fourth-order valence-corrected chi connectivity index (χ4v) is 3.88. The smallest absolute Gasteiger partial charge is 0.295 e. The van der Waals surface area contributed by atoms with Gasteiger partial charge < -0.3 is 19.7 Å². The average molecular weight is 422 g/mol. The molecule has 3 aliphatic rings. The summed E-state index contributed by atoms with van der Waals surface area (Å²) in [4.78, 5) is 45.9. The average Bonchev–Trinajstić information content (AvgIpc) is 3.24. The van der Waals surface area contributed by atoms with Crippen LogP contribution in [0.2, 0.25) is 0 Å². The SMILES string of the molecule is COc1ccn(O)c2ncc(C(=O)C(=O)N3CCN(C(=O)c4ccccc4)C[C@H]3C)c1-2. The van der Waals surface area contributed by atoms with Crippen molar-refractivity contribution in [1.29, 1.82) is 0 Å². The molecule has 0 bridgehead atoms. The van der Waals surface area contributed by atoms with Gasteiger partial charge in [-0.25, -0.2) is 4.98 Å². The lowest BCUT2D eigenvalue weighted by molar-refractivity contribution is -0.130. The fourth-order valence-electron chi connectivity index (χ4n) is 3.88. The number of aromatic nitrogens is 2. The summed E-state index contributed by atoms with van der Waals surface area (Å²) in [7, 11) is 1.44. The number of methoxy groups -OCH3 is 1.